The standard InChI is InChI=1S/C39H44FN3O8S/c1-48-30-18-20-35(49-2)33(23-30)43(52(46,47)31-19-21-36(50-3)37(24-31)51-4)26-38(44)42(25-28-14-8-11-17-32(28)40)34(22-27-12-6-5-7-13-27)39(45)41-29-15-9-10-16-29/h5-8,11-14,17-21,23-24,29,34H,9-10,15-16,22,25-26H2,1-4H3,(H,41,45)/t34-/m1/s1. The van der Waals surface area contributed by atoms with Gasteiger partial charge in [0.2, 0.25) is 11.8 Å². The van der Waals surface area contributed by atoms with Gasteiger partial charge in [0.15, 0.2) is 11.5 Å². The zero-order valence-corrected chi connectivity index (χ0v) is 30.5. The molecule has 1 aliphatic rings. The van der Waals surface area contributed by atoms with Gasteiger partial charge in [0.25, 0.3) is 10.0 Å². The van der Waals surface area contributed by atoms with Gasteiger partial charge in [-0.25, -0.2) is 12.8 Å². The maximum absolute atomic E-state index is 15.3. The van der Waals surface area contributed by atoms with Gasteiger partial charge in [-0.05, 0) is 48.7 Å². The van der Waals surface area contributed by atoms with E-state index in [9.17, 15) is 18.0 Å². The summed E-state index contributed by atoms with van der Waals surface area (Å²) in [4.78, 5) is 30.2. The molecule has 0 aromatic heterocycles. The summed E-state index contributed by atoms with van der Waals surface area (Å²) in [6.45, 7) is -1.09. The third-order valence-corrected chi connectivity index (χ3v) is 10.9. The lowest BCUT2D eigenvalue weighted by Crippen LogP contribution is -2.54. The van der Waals surface area contributed by atoms with Crippen molar-refractivity contribution in [3.05, 3.63) is 108 Å². The molecule has 0 spiro atoms. The van der Waals surface area contributed by atoms with E-state index in [1.54, 1.807) is 12.1 Å². The summed E-state index contributed by atoms with van der Waals surface area (Å²) >= 11 is 0. The van der Waals surface area contributed by atoms with E-state index in [0.717, 1.165) is 35.6 Å². The van der Waals surface area contributed by atoms with Crippen LogP contribution in [0.1, 0.15) is 36.8 Å². The second-order valence-electron chi connectivity index (χ2n) is 12.4. The van der Waals surface area contributed by atoms with Crippen LogP contribution in [0.25, 0.3) is 0 Å². The highest BCUT2D eigenvalue weighted by Crippen LogP contribution is 2.38. The van der Waals surface area contributed by atoms with Crippen LogP contribution in [0.5, 0.6) is 23.0 Å². The summed E-state index contributed by atoms with van der Waals surface area (Å²) < 4.78 is 67.3. The third-order valence-electron chi connectivity index (χ3n) is 9.15. The number of carbonyl (C=O) groups is 2. The molecule has 0 aliphatic heterocycles. The van der Waals surface area contributed by atoms with Gasteiger partial charge in [0.05, 0.1) is 39.0 Å². The van der Waals surface area contributed by atoms with Crippen LogP contribution in [-0.4, -0.2) is 72.2 Å². The molecule has 1 fully saturated rings. The first-order chi connectivity index (χ1) is 25.1. The number of halogens is 1. The van der Waals surface area contributed by atoms with Gasteiger partial charge >= 0.3 is 0 Å². The third kappa shape index (κ3) is 8.76. The number of rotatable bonds is 16. The number of benzene rings is 4. The molecule has 4 aromatic rings. The predicted molar refractivity (Wildman–Crippen MR) is 195 cm³/mol. The molecule has 0 bridgehead atoms. The maximum atomic E-state index is 15.3. The van der Waals surface area contributed by atoms with Crippen molar-refractivity contribution in [3.63, 3.8) is 0 Å². The van der Waals surface area contributed by atoms with Crippen molar-refractivity contribution in [2.75, 3.05) is 39.3 Å². The number of ether oxygens (including phenoxy) is 4. The number of anilines is 1. The highest BCUT2D eigenvalue weighted by atomic mass is 32.2. The normalized spacial score (nSPS) is 13.6. The number of nitrogens with one attached hydrogen (secondary N) is 1. The predicted octanol–water partition coefficient (Wildman–Crippen LogP) is 5.75. The summed E-state index contributed by atoms with van der Waals surface area (Å²) in [6.07, 6.45) is 3.65. The van der Waals surface area contributed by atoms with E-state index in [4.69, 9.17) is 18.9 Å². The monoisotopic (exact) mass is 733 g/mol. The molecule has 5 rings (SSSR count). The molecule has 11 nitrogen and oxygen atoms in total. The number of hydrogen-bond donors (Lipinski definition) is 1. The number of carbonyl (C=O) groups excluding carboxylic acids is 2. The maximum Gasteiger partial charge on any atom is 0.265 e. The summed E-state index contributed by atoms with van der Waals surface area (Å²) in [5.74, 6) is -0.834. The van der Waals surface area contributed by atoms with E-state index in [1.165, 1.54) is 81.9 Å². The zero-order valence-electron chi connectivity index (χ0n) is 29.7. The summed E-state index contributed by atoms with van der Waals surface area (Å²) in [5, 5.41) is 3.11. The topological polar surface area (TPSA) is 124 Å². The van der Waals surface area contributed by atoms with E-state index in [0.29, 0.717) is 11.5 Å². The molecule has 0 heterocycles. The molecule has 52 heavy (non-hydrogen) atoms. The average Bonchev–Trinajstić information content (AvgIpc) is 3.68. The SMILES string of the molecule is COc1ccc(OC)c(N(CC(=O)N(Cc2ccccc2F)[C@H](Cc2ccccc2)C(=O)NC2CCCC2)S(=O)(=O)c2ccc(OC)c(OC)c2)c1. The molecule has 0 unspecified atom stereocenters. The highest BCUT2D eigenvalue weighted by Gasteiger charge is 2.37. The van der Waals surface area contributed by atoms with E-state index in [2.05, 4.69) is 5.32 Å². The van der Waals surface area contributed by atoms with Crippen LogP contribution in [0.15, 0.2) is 95.9 Å². The fraction of sp³-hybridized carbons (Fsp3) is 0.333. The molecule has 0 radical (unpaired) electrons. The Morgan fingerprint density at radius 2 is 1.46 bits per heavy atom. The Hall–Kier alpha value is -5.30. The van der Waals surface area contributed by atoms with Crippen molar-refractivity contribution < 1.29 is 41.3 Å². The van der Waals surface area contributed by atoms with Crippen molar-refractivity contribution in [1.29, 1.82) is 0 Å². The Labute approximate surface area is 304 Å². The number of amides is 2. The largest absolute Gasteiger partial charge is 0.497 e. The van der Waals surface area contributed by atoms with Crippen LogP contribution in [0, 0.1) is 5.82 Å². The van der Waals surface area contributed by atoms with Crippen LogP contribution in [0.4, 0.5) is 10.1 Å². The Morgan fingerprint density at radius 1 is 0.808 bits per heavy atom. The smallest absolute Gasteiger partial charge is 0.265 e. The molecule has 276 valence electrons. The second kappa shape index (κ2) is 17.3. The van der Waals surface area contributed by atoms with Gasteiger partial charge in [0.1, 0.15) is 29.9 Å². The van der Waals surface area contributed by atoms with Crippen LogP contribution < -0.4 is 28.6 Å². The molecule has 1 aliphatic carbocycles. The van der Waals surface area contributed by atoms with Crippen molar-refractivity contribution in [3.8, 4) is 23.0 Å². The molecule has 1 atom stereocenters. The first-order valence-corrected chi connectivity index (χ1v) is 18.4. The fourth-order valence-electron chi connectivity index (χ4n) is 6.34. The van der Waals surface area contributed by atoms with Crippen molar-refractivity contribution >= 4 is 27.5 Å². The minimum Gasteiger partial charge on any atom is -0.497 e. The highest BCUT2D eigenvalue weighted by molar-refractivity contribution is 7.92. The summed E-state index contributed by atoms with van der Waals surface area (Å²) in [6, 6.07) is 22.6. The van der Waals surface area contributed by atoms with Crippen LogP contribution in [-0.2, 0) is 32.6 Å². The quantitative estimate of drug-likeness (QED) is 0.154. The molecule has 0 saturated heterocycles. The molecule has 1 saturated carbocycles. The summed E-state index contributed by atoms with van der Waals surface area (Å²) in [5.41, 5.74) is 0.936. The van der Waals surface area contributed by atoms with Gasteiger partial charge in [-0.3, -0.25) is 13.9 Å². The van der Waals surface area contributed by atoms with E-state index < -0.39 is 40.2 Å². The minimum absolute atomic E-state index is 0.00541. The number of hydrogen-bond acceptors (Lipinski definition) is 8. The number of nitrogens with zero attached hydrogens (tertiary/aromatic N) is 2. The lowest BCUT2D eigenvalue weighted by molar-refractivity contribution is -0.140. The first-order valence-electron chi connectivity index (χ1n) is 16.9. The van der Waals surface area contributed by atoms with Gasteiger partial charge in [-0.15, -0.1) is 0 Å². The molecule has 13 heteroatoms. The van der Waals surface area contributed by atoms with Crippen LogP contribution in [0.2, 0.25) is 0 Å². The minimum atomic E-state index is -4.56. The lowest BCUT2D eigenvalue weighted by atomic mass is 10.0. The van der Waals surface area contributed by atoms with E-state index >= 15 is 4.39 Å². The Bertz CT molecular complexity index is 1950. The lowest BCUT2D eigenvalue weighted by Gasteiger charge is -2.34. The summed E-state index contributed by atoms with van der Waals surface area (Å²) in [7, 11) is 1.05. The van der Waals surface area contributed by atoms with Crippen LogP contribution in [0.3, 0.4) is 0 Å². The van der Waals surface area contributed by atoms with Gasteiger partial charge in [-0.1, -0.05) is 61.4 Å². The van der Waals surface area contributed by atoms with Gasteiger partial charge in [-0.2, -0.15) is 0 Å². The average molecular weight is 734 g/mol. The van der Waals surface area contributed by atoms with Gasteiger partial charge < -0.3 is 29.2 Å². The fourth-order valence-corrected chi connectivity index (χ4v) is 7.77. The molecular formula is C39H44FN3O8S. The Balaban J connectivity index is 1.65. The Morgan fingerprint density at radius 3 is 2.12 bits per heavy atom. The van der Waals surface area contributed by atoms with E-state index in [-0.39, 0.29) is 46.7 Å². The first kappa shape index (κ1) is 37.9. The van der Waals surface area contributed by atoms with Crippen molar-refractivity contribution in [1.82, 2.24) is 10.2 Å². The number of methoxy groups -OCH3 is 4. The van der Waals surface area contributed by atoms with Crippen LogP contribution >= 0.6 is 0 Å². The molecule has 4 aromatic carbocycles. The molecular weight excluding hydrogens is 690 g/mol. The van der Waals surface area contributed by atoms with E-state index in [1.807, 2.05) is 30.3 Å². The van der Waals surface area contributed by atoms with Crippen molar-refractivity contribution in [2.24, 2.45) is 0 Å². The molecule has 1 N–H and O–H groups in total. The van der Waals surface area contributed by atoms with Crippen molar-refractivity contribution in [2.45, 2.75) is 55.6 Å². The van der Waals surface area contributed by atoms with Gasteiger partial charge in [0, 0.05) is 36.7 Å². The second-order valence-corrected chi connectivity index (χ2v) is 14.2. The number of sulfonamides is 1. The zero-order chi connectivity index (χ0) is 37.3. The Kier molecular flexibility index (Phi) is 12.6. The molecule has 2 amide bonds.